The van der Waals surface area contributed by atoms with E-state index in [9.17, 15) is 13.6 Å². The Morgan fingerprint density at radius 3 is 2.65 bits per heavy atom. The number of rotatable bonds is 4. The van der Waals surface area contributed by atoms with Crippen LogP contribution >= 0.6 is 0 Å². The predicted octanol–water partition coefficient (Wildman–Crippen LogP) is 2.59. The third-order valence-corrected chi connectivity index (χ3v) is 3.74. The van der Waals surface area contributed by atoms with E-state index in [-0.39, 0.29) is 12.5 Å². The lowest BCUT2D eigenvalue weighted by atomic mass is 10.0. The van der Waals surface area contributed by atoms with Crippen LogP contribution in [-0.4, -0.2) is 37.0 Å². The van der Waals surface area contributed by atoms with Gasteiger partial charge in [0.05, 0.1) is 12.2 Å². The van der Waals surface area contributed by atoms with Gasteiger partial charge in [-0.3, -0.25) is 4.79 Å². The van der Waals surface area contributed by atoms with Crippen molar-refractivity contribution in [2.45, 2.75) is 26.7 Å². The molecule has 3 nitrogen and oxygen atoms in total. The molecule has 1 aliphatic rings. The van der Waals surface area contributed by atoms with Crippen molar-refractivity contribution >= 4 is 11.6 Å². The summed E-state index contributed by atoms with van der Waals surface area (Å²) in [4.78, 5) is 15.6. The molecule has 1 aliphatic heterocycles. The number of halogens is 2. The third kappa shape index (κ3) is 2.92. The number of amides is 1. The second-order valence-corrected chi connectivity index (χ2v) is 4.99. The van der Waals surface area contributed by atoms with Gasteiger partial charge in [0.2, 0.25) is 5.91 Å². The van der Waals surface area contributed by atoms with Gasteiger partial charge in [-0.2, -0.15) is 0 Å². The van der Waals surface area contributed by atoms with Gasteiger partial charge in [-0.25, -0.2) is 8.78 Å². The predicted molar refractivity (Wildman–Crippen MR) is 74.8 cm³/mol. The maximum absolute atomic E-state index is 14.0. The van der Waals surface area contributed by atoms with E-state index in [1.807, 2.05) is 13.8 Å². The van der Waals surface area contributed by atoms with Crippen LogP contribution in [0.25, 0.3) is 0 Å². The van der Waals surface area contributed by atoms with Crippen LogP contribution in [0, 0.1) is 11.6 Å². The van der Waals surface area contributed by atoms with Gasteiger partial charge < -0.3 is 9.80 Å². The highest BCUT2D eigenvalue weighted by Crippen LogP contribution is 2.30. The van der Waals surface area contributed by atoms with Gasteiger partial charge in [0.15, 0.2) is 0 Å². The van der Waals surface area contributed by atoms with Crippen LogP contribution in [-0.2, 0) is 11.2 Å². The van der Waals surface area contributed by atoms with Crippen molar-refractivity contribution in [3.05, 3.63) is 29.3 Å². The van der Waals surface area contributed by atoms with Crippen LogP contribution in [0.4, 0.5) is 14.5 Å². The molecule has 1 heterocycles. The summed E-state index contributed by atoms with van der Waals surface area (Å²) < 4.78 is 27.2. The number of hydrogen-bond acceptors (Lipinski definition) is 2. The molecular formula is C15H20F2N2O. The van der Waals surface area contributed by atoms with Crippen molar-refractivity contribution in [2.24, 2.45) is 0 Å². The minimum atomic E-state index is -0.577. The van der Waals surface area contributed by atoms with Gasteiger partial charge in [0, 0.05) is 25.7 Å². The fraction of sp³-hybridized carbons (Fsp3) is 0.533. The molecule has 0 aliphatic carbocycles. The van der Waals surface area contributed by atoms with E-state index < -0.39 is 11.6 Å². The normalized spacial score (nSPS) is 14.1. The molecule has 0 fully saturated rings. The molecule has 0 N–H and O–H groups in total. The zero-order chi connectivity index (χ0) is 14.7. The molecule has 0 radical (unpaired) electrons. The average molecular weight is 282 g/mol. The summed E-state index contributed by atoms with van der Waals surface area (Å²) in [6.45, 7) is 5.90. The number of likely N-dealkylation sites (N-methyl/N-ethyl adjacent to an activating group) is 1. The molecule has 5 heteroatoms. The molecule has 0 saturated heterocycles. The Labute approximate surface area is 118 Å². The molecule has 1 amide bonds. The van der Waals surface area contributed by atoms with Crippen LogP contribution in [0.2, 0.25) is 0 Å². The summed E-state index contributed by atoms with van der Waals surface area (Å²) in [5.41, 5.74) is 1.04. The van der Waals surface area contributed by atoms with Crippen LogP contribution in [0.5, 0.6) is 0 Å². The van der Waals surface area contributed by atoms with Crippen molar-refractivity contribution in [3.63, 3.8) is 0 Å². The summed E-state index contributed by atoms with van der Waals surface area (Å²) in [6, 6.07) is 2.26. The van der Waals surface area contributed by atoms with Gasteiger partial charge in [-0.05, 0) is 38.3 Å². The summed E-state index contributed by atoms with van der Waals surface area (Å²) in [7, 11) is 0. The standard InChI is InChI=1S/C15H20F2N2O/c1-3-18(4-2)14(20)10-19-7-5-6-11-8-12(16)9-13(17)15(11)19/h8-9H,3-7,10H2,1-2H3. The zero-order valence-electron chi connectivity index (χ0n) is 12.0. The molecule has 1 aromatic rings. The SMILES string of the molecule is CCN(CC)C(=O)CN1CCCc2cc(F)cc(F)c21. The number of benzene rings is 1. The van der Waals surface area contributed by atoms with Crippen molar-refractivity contribution in [1.29, 1.82) is 0 Å². The topological polar surface area (TPSA) is 23.6 Å². The first-order valence-electron chi connectivity index (χ1n) is 7.07. The summed E-state index contributed by atoms with van der Waals surface area (Å²) in [5, 5.41) is 0. The van der Waals surface area contributed by atoms with E-state index in [0.717, 1.165) is 12.5 Å². The fourth-order valence-electron chi connectivity index (χ4n) is 2.73. The van der Waals surface area contributed by atoms with E-state index in [1.54, 1.807) is 9.80 Å². The molecule has 110 valence electrons. The highest BCUT2D eigenvalue weighted by molar-refractivity contribution is 5.82. The van der Waals surface area contributed by atoms with Gasteiger partial charge in [-0.15, -0.1) is 0 Å². The van der Waals surface area contributed by atoms with Crippen LogP contribution in [0.3, 0.4) is 0 Å². The molecule has 1 aromatic carbocycles. The molecule has 0 unspecified atom stereocenters. The molecule has 2 rings (SSSR count). The largest absolute Gasteiger partial charge is 0.360 e. The van der Waals surface area contributed by atoms with Crippen LogP contribution in [0.15, 0.2) is 12.1 Å². The number of fused-ring (bicyclic) bond motifs is 1. The first-order valence-corrected chi connectivity index (χ1v) is 7.07. The molecule has 0 saturated carbocycles. The Bertz CT molecular complexity index is 501. The Balaban J connectivity index is 2.23. The highest BCUT2D eigenvalue weighted by Gasteiger charge is 2.24. The van der Waals surface area contributed by atoms with E-state index in [0.29, 0.717) is 37.3 Å². The van der Waals surface area contributed by atoms with E-state index >= 15 is 0 Å². The smallest absolute Gasteiger partial charge is 0.242 e. The summed E-state index contributed by atoms with van der Waals surface area (Å²) in [5.74, 6) is -1.16. The van der Waals surface area contributed by atoms with E-state index in [4.69, 9.17) is 0 Å². The van der Waals surface area contributed by atoms with Gasteiger partial charge in [-0.1, -0.05) is 0 Å². The van der Waals surface area contributed by atoms with Gasteiger partial charge >= 0.3 is 0 Å². The lowest BCUT2D eigenvalue weighted by molar-refractivity contribution is -0.129. The monoisotopic (exact) mass is 282 g/mol. The average Bonchev–Trinajstić information content (AvgIpc) is 2.39. The zero-order valence-corrected chi connectivity index (χ0v) is 12.0. The van der Waals surface area contributed by atoms with Crippen LogP contribution < -0.4 is 4.90 Å². The quantitative estimate of drug-likeness (QED) is 0.847. The highest BCUT2D eigenvalue weighted by atomic mass is 19.1. The number of aryl methyl sites for hydroxylation is 1. The first kappa shape index (κ1) is 14.8. The minimum absolute atomic E-state index is 0.0217. The van der Waals surface area contributed by atoms with Gasteiger partial charge in [0.25, 0.3) is 0 Å². The lowest BCUT2D eigenvalue weighted by Crippen LogP contribution is -2.42. The molecule has 0 spiro atoms. The van der Waals surface area contributed by atoms with Gasteiger partial charge in [0.1, 0.15) is 11.6 Å². The first-order chi connectivity index (χ1) is 9.56. The van der Waals surface area contributed by atoms with Crippen molar-refractivity contribution in [1.82, 2.24) is 4.90 Å². The van der Waals surface area contributed by atoms with E-state index in [2.05, 4.69) is 0 Å². The number of anilines is 1. The minimum Gasteiger partial charge on any atom is -0.360 e. The third-order valence-electron chi connectivity index (χ3n) is 3.74. The summed E-state index contributed by atoms with van der Waals surface area (Å²) in [6.07, 6.45) is 1.46. The van der Waals surface area contributed by atoms with Crippen molar-refractivity contribution in [3.8, 4) is 0 Å². The number of carbonyl (C=O) groups is 1. The molecule has 0 atom stereocenters. The number of carbonyl (C=O) groups excluding carboxylic acids is 1. The Hall–Kier alpha value is -1.65. The molecular weight excluding hydrogens is 262 g/mol. The fourth-order valence-corrected chi connectivity index (χ4v) is 2.73. The molecule has 0 aromatic heterocycles. The second-order valence-electron chi connectivity index (χ2n) is 4.99. The molecule has 20 heavy (non-hydrogen) atoms. The maximum Gasteiger partial charge on any atom is 0.242 e. The summed E-state index contributed by atoms with van der Waals surface area (Å²) >= 11 is 0. The van der Waals surface area contributed by atoms with Crippen molar-refractivity contribution in [2.75, 3.05) is 31.1 Å². The second kappa shape index (κ2) is 6.20. The number of nitrogens with zero attached hydrogens (tertiary/aromatic N) is 2. The van der Waals surface area contributed by atoms with Crippen LogP contribution in [0.1, 0.15) is 25.8 Å². The molecule has 0 bridgehead atoms. The Morgan fingerprint density at radius 1 is 1.30 bits per heavy atom. The Kier molecular flexibility index (Phi) is 4.57. The Morgan fingerprint density at radius 2 is 2.00 bits per heavy atom. The maximum atomic E-state index is 14.0. The van der Waals surface area contributed by atoms with E-state index in [1.165, 1.54) is 6.07 Å². The lowest BCUT2D eigenvalue weighted by Gasteiger charge is -2.32. The number of hydrogen-bond donors (Lipinski definition) is 0. The van der Waals surface area contributed by atoms with Crippen molar-refractivity contribution < 1.29 is 13.6 Å².